The van der Waals surface area contributed by atoms with E-state index >= 15 is 0 Å². The monoisotopic (exact) mass is 674 g/mol. The molecule has 5 aliphatic rings. The zero-order valence-corrected chi connectivity index (χ0v) is 25.8. The van der Waals surface area contributed by atoms with E-state index in [1.54, 1.807) is 0 Å². The number of nitrogens with zero attached hydrogens (tertiary/aromatic N) is 2. The fraction of sp³-hybridized carbons (Fsp3) is 1.00. The van der Waals surface area contributed by atoms with E-state index in [1.165, 1.54) is 0 Å². The van der Waals surface area contributed by atoms with Crippen LogP contribution >= 0.6 is 12.0 Å². The lowest BCUT2D eigenvalue weighted by molar-refractivity contribution is -0.432. The molecule has 0 aromatic rings. The van der Waals surface area contributed by atoms with Gasteiger partial charge in [0.15, 0.2) is 6.35 Å². The first-order chi connectivity index (χ1) is 20.4. The fourth-order valence-corrected chi connectivity index (χ4v) is 11.6. The van der Waals surface area contributed by atoms with Gasteiger partial charge < -0.3 is 10.2 Å². The minimum atomic E-state index is -4.66. The molecule has 13 unspecified atom stereocenters. The van der Waals surface area contributed by atoms with Crippen LogP contribution in [0.5, 0.6) is 0 Å². The van der Waals surface area contributed by atoms with Gasteiger partial charge in [-0.05, 0) is 75.0 Å². The largest absolute Gasteiger partial charge is 0.390 e. The van der Waals surface area contributed by atoms with Gasteiger partial charge in [0, 0.05) is 18.1 Å². The molecule has 0 radical (unpaired) electrons. The molecule has 0 spiro atoms. The summed E-state index contributed by atoms with van der Waals surface area (Å²) in [6.07, 6.45) is 1.95. The molecular weight excluding hydrogens is 632 g/mol. The van der Waals surface area contributed by atoms with Crippen molar-refractivity contribution in [1.82, 2.24) is 21.3 Å². The zero-order chi connectivity index (χ0) is 30.9. The van der Waals surface area contributed by atoms with Crippen LogP contribution in [0.3, 0.4) is 0 Å². The summed E-state index contributed by atoms with van der Waals surface area (Å²) in [5, 5.41) is 52.1. The third-order valence-electron chi connectivity index (χ3n) is 9.99. The minimum Gasteiger partial charge on any atom is -0.390 e. The molecule has 0 amide bonds. The van der Waals surface area contributed by atoms with Crippen molar-refractivity contribution in [3.8, 4) is 0 Å². The lowest BCUT2D eigenvalue weighted by atomic mass is 9.66. The van der Waals surface area contributed by atoms with E-state index in [2.05, 4.69) is 36.5 Å². The van der Waals surface area contributed by atoms with Crippen LogP contribution in [0.25, 0.3) is 0 Å². The number of hydrogen-bond acceptors (Lipinski definition) is 16. The fourth-order valence-electron chi connectivity index (χ4n) is 8.21. The Morgan fingerprint density at radius 1 is 0.860 bits per heavy atom. The number of aliphatic hydroxyl groups excluding tert-OH is 2. The van der Waals surface area contributed by atoms with Gasteiger partial charge in [-0.15, -0.1) is 4.33 Å². The molecule has 1 heterocycles. The van der Waals surface area contributed by atoms with Crippen LogP contribution in [0, 0.1) is 23.7 Å². The van der Waals surface area contributed by atoms with E-state index in [4.69, 9.17) is 9.59 Å². The number of fused-ring (bicyclic) bond motifs is 2. The van der Waals surface area contributed by atoms with Crippen molar-refractivity contribution in [3.05, 3.63) is 0 Å². The van der Waals surface area contributed by atoms with Crippen LogP contribution in [0.4, 0.5) is 0 Å². The third kappa shape index (κ3) is 7.87. The van der Waals surface area contributed by atoms with Gasteiger partial charge in [0.1, 0.15) is 17.6 Å². The summed E-state index contributed by atoms with van der Waals surface area (Å²) in [6, 6.07) is -1.71. The Labute approximate surface area is 254 Å². The Morgan fingerprint density at radius 3 is 2.33 bits per heavy atom. The summed E-state index contributed by atoms with van der Waals surface area (Å²) in [7, 11) is -9.06. The van der Waals surface area contributed by atoms with E-state index in [1.807, 2.05) is 0 Å². The highest BCUT2D eigenvalue weighted by Crippen LogP contribution is 2.48. The lowest BCUT2D eigenvalue weighted by Crippen LogP contribution is -2.68. The van der Waals surface area contributed by atoms with Crippen molar-refractivity contribution < 1.29 is 50.8 Å². The molecule has 1 saturated heterocycles. The van der Waals surface area contributed by atoms with Crippen LogP contribution in [0.2, 0.25) is 0 Å². The number of nitrogens with one attached hydrogen (secondary N) is 4. The second-order valence-electron chi connectivity index (χ2n) is 12.3. The first kappa shape index (κ1) is 33.8. The molecule has 4 saturated carbocycles. The minimum absolute atomic E-state index is 0.0553. The molecule has 5 rings (SSSR count). The second-order valence-corrected chi connectivity index (χ2v) is 16.5. The summed E-state index contributed by atoms with van der Waals surface area (Å²) in [5.74, 6) is -1.43. The summed E-state index contributed by atoms with van der Waals surface area (Å²) in [6.45, 7) is 0.426. The van der Waals surface area contributed by atoms with Crippen LogP contribution in [-0.2, 0) is 29.6 Å². The summed E-state index contributed by atoms with van der Waals surface area (Å²) in [4.78, 5) is 0. The Bertz CT molecular complexity index is 1200. The van der Waals surface area contributed by atoms with Crippen LogP contribution in [0.15, 0.2) is 10.2 Å². The van der Waals surface area contributed by atoms with E-state index in [-0.39, 0.29) is 43.4 Å². The Balaban J connectivity index is 1.30. The highest BCUT2D eigenvalue weighted by molar-refractivity contribution is 7.95. The number of aliphatic hydroxyl groups is 2. The van der Waals surface area contributed by atoms with Crippen LogP contribution < -0.4 is 21.3 Å². The number of azo groups is 1. The van der Waals surface area contributed by atoms with Gasteiger partial charge in [-0.2, -0.15) is 27.1 Å². The molecule has 5 fully saturated rings. The quantitative estimate of drug-likeness (QED) is 0.0503. The van der Waals surface area contributed by atoms with Crippen molar-refractivity contribution >= 4 is 32.3 Å². The molecule has 4 aliphatic carbocycles. The molecule has 0 aromatic carbocycles. The first-order valence-electron chi connectivity index (χ1n) is 14.7. The maximum absolute atomic E-state index is 12.6. The van der Waals surface area contributed by atoms with E-state index < -0.39 is 72.4 Å². The molecule has 1 aliphatic heterocycles. The molecule has 17 nitrogen and oxygen atoms in total. The molecule has 13 atom stereocenters. The molecule has 43 heavy (non-hydrogen) atoms. The normalized spacial score (nSPS) is 44.5. The molecule has 9 N–H and O–H groups in total. The summed E-state index contributed by atoms with van der Waals surface area (Å²) < 4.78 is 74.0. The van der Waals surface area contributed by atoms with Gasteiger partial charge in [-0.1, -0.05) is 11.5 Å². The lowest BCUT2D eigenvalue weighted by Gasteiger charge is -2.47. The van der Waals surface area contributed by atoms with Crippen molar-refractivity contribution in [1.29, 1.82) is 0 Å². The van der Waals surface area contributed by atoms with Crippen molar-refractivity contribution in [2.75, 3.05) is 6.67 Å². The van der Waals surface area contributed by atoms with Crippen molar-refractivity contribution in [2.24, 2.45) is 33.9 Å². The van der Waals surface area contributed by atoms with Crippen LogP contribution in [-0.4, -0.2) is 101 Å². The first-order valence-corrected chi connectivity index (χ1v) is 18.5. The highest BCUT2D eigenvalue weighted by atomic mass is 32.2. The van der Waals surface area contributed by atoms with E-state index in [0.717, 1.165) is 24.9 Å². The number of hydrogen-bond donors (Lipinski definition) is 9. The molecule has 20 heteroatoms. The Morgan fingerprint density at radius 2 is 1.63 bits per heavy atom. The smallest absolute Gasteiger partial charge is 0.270 e. The zero-order valence-electron chi connectivity index (χ0n) is 23.4. The average molecular weight is 675 g/mol. The van der Waals surface area contributed by atoms with Gasteiger partial charge >= 0.3 is 0 Å². The van der Waals surface area contributed by atoms with Crippen molar-refractivity contribution in [3.63, 3.8) is 0 Å². The topological polar surface area (TPSA) is 261 Å². The second kappa shape index (κ2) is 14.0. The van der Waals surface area contributed by atoms with Gasteiger partial charge in [0.2, 0.25) is 0 Å². The average Bonchev–Trinajstić information content (AvgIpc) is 2.93. The molecular formula is C23H42N6O11S3. The third-order valence-corrected chi connectivity index (χ3v) is 13.6. The molecule has 248 valence electrons. The van der Waals surface area contributed by atoms with Gasteiger partial charge in [0.25, 0.3) is 20.2 Å². The molecule has 0 bridgehead atoms. The molecule has 0 aromatic heterocycles. The predicted octanol–water partition coefficient (Wildman–Crippen LogP) is -0.225. The van der Waals surface area contributed by atoms with Gasteiger partial charge in [0.05, 0.1) is 29.3 Å². The summed E-state index contributed by atoms with van der Waals surface area (Å²) >= 11 is 0.782. The van der Waals surface area contributed by atoms with E-state index in [0.29, 0.717) is 32.4 Å². The van der Waals surface area contributed by atoms with Crippen molar-refractivity contribution in [2.45, 2.75) is 110 Å². The van der Waals surface area contributed by atoms with Gasteiger partial charge in [-0.3, -0.25) is 30.4 Å². The maximum atomic E-state index is 12.6. The Hall–Kier alpha value is -0.590. The summed E-state index contributed by atoms with van der Waals surface area (Å²) in [5.41, 5.74) is 0. The predicted molar refractivity (Wildman–Crippen MR) is 152 cm³/mol. The van der Waals surface area contributed by atoms with Gasteiger partial charge in [-0.25, -0.2) is 5.26 Å². The maximum Gasteiger partial charge on any atom is 0.270 e. The van der Waals surface area contributed by atoms with E-state index in [9.17, 15) is 36.2 Å². The SMILES string of the molecule is O=S(=O)(O)C1CCCC2C1CCC(N=NC1C(SOOO)CC3CC(NC4NCNC(O)N4)CCC3C1O)C2S(=O)(=O)O. The standard InChI is InChI=1S/C23H42N6O11S3/c30-20-13-5-4-12(26-22-24-10-25-23(31)27-22)8-11(13)9-17(41-40-39-32)19(20)29-28-16-7-6-14-15(21(16)43(36,37)38)2-1-3-18(14)42(33,34)35/h11-27,30-32H,1-10H2,(H,33,34,35)(H,36,37,38). The highest BCUT2D eigenvalue weighted by Gasteiger charge is 2.53. The Kier molecular flexibility index (Phi) is 11.0. The van der Waals surface area contributed by atoms with Crippen LogP contribution in [0.1, 0.15) is 57.8 Å². The number of rotatable bonds is 9.